The third-order valence-corrected chi connectivity index (χ3v) is 3.80. The monoisotopic (exact) mass is 198 g/mol. The summed E-state index contributed by atoms with van der Waals surface area (Å²) in [5.74, 6) is 0.959. The Morgan fingerprint density at radius 2 is 2.00 bits per heavy atom. The van der Waals surface area contributed by atoms with E-state index in [0.29, 0.717) is 12.1 Å². The molecule has 0 saturated carbocycles. The van der Waals surface area contributed by atoms with E-state index in [4.69, 9.17) is 5.73 Å². The Bertz CT molecular complexity index is 156. The topological polar surface area (TPSA) is 29.3 Å². The normalized spacial score (nSPS) is 29.6. The van der Waals surface area contributed by atoms with Gasteiger partial charge in [-0.3, -0.25) is 4.90 Å². The molecule has 1 aliphatic rings. The van der Waals surface area contributed by atoms with Crippen LogP contribution in [-0.2, 0) is 0 Å². The average molecular weight is 198 g/mol. The van der Waals surface area contributed by atoms with Gasteiger partial charge in [-0.15, -0.1) is 0 Å². The fourth-order valence-corrected chi connectivity index (χ4v) is 2.34. The van der Waals surface area contributed by atoms with Gasteiger partial charge in [-0.2, -0.15) is 0 Å². The van der Waals surface area contributed by atoms with Crippen LogP contribution < -0.4 is 5.73 Å². The maximum atomic E-state index is 5.94. The molecule has 2 heteroatoms. The van der Waals surface area contributed by atoms with Crippen LogP contribution in [0.4, 0.5) is 0 Å². The van der Waals surface area contributed by atoms with Gasteiger partial charge in [0.15, 0.2) is 0 Å². The van der Waals surface area contributed by atoms with E-state index in [0.717, 1.165) is 5.92 Å². The van der Waals surface area contributed by atoms with Crippen LogP contribution in [0.1, 0.15) is 46.5 Å². The second-order valence-electron chi connectivity index (χ2n) is 4.84. The lowest BCUT2D eigenvalue weighted by Crippen LogP contribution is -2.44. The molecule has 0 aromatic rings. The molecular formula is C12H26N2. The minimum Gasteiger partial charge on any atom is -0.327 e. The summed E-state index contributed by atoms with van der Waals surface area (Å²) in [5.41, 5.74) is 5.94. The lowest BCUT2D eigenvalue weighted by molar-refractivity contribution is 0.193. The van der Waals surface area contributed by atoms with E-state index in [-0.39, 0.29) is 0 Å². The van der Waals surface area contributed by atoms with E-state index in [1.165, 1.54) is 38.8 Å². The van der Waals surface area contributed by atoms with Crippen LogP contribution >= 0.6 is 0 Å². The zero-order chi connectivity index (χ0) is 10.6. The van der Waals surface area contributed by atoms with Gasteiger partial charge in [0.1, 0.15) is 0 Å². The summed E-state index contributed by atoms with van der Waals surface area (Å²) in [6, 6.07) is 0.846. The molecule has 1 saturated heterocycles. The summed E-state index contributed by atoms with van der Waals surface area (Å²) in [7, 11) is 0. The van der Waals surface area contributed by atoms with Crippen molar-refractivity contribution in [2.24, 2.45) is 11.7 Å². The summed E-state index contributed by atoms with van der Waals surface area (Å²) < 4.78 is 0. The molecule has 0 aromatic carbocycles. The van der Waals surface area contributed by atoms with Crippen molar-refractivity contribution in [1.29, 1.82) is 0 Å². The zero-order valence-electron chi connectivity index (χ0n) is 10.00. The Kier molecular flexibility index (Phi) is 4.90. The van der Waals surface area contributed by atoms with Gasteiger partial charge in [0.05, 0.1) is 0 Å². The fraction of sp³-hybridized carbons (Fsp3) is 1.00. The third-order valence-electron chi connectivity index (χ3n) is 3.80. The van der Waals surface area contributed by atoms with Crippen molar-refractivity contribution in [3.05, 3.63) is 0 Å². The molecule has 1 fully saturated rings. The minimum absolute atomic E-state index is 0.299. The molecule has 2 N–H and O–H groups in total. The second kappa shape index (κ2) is 5.72. The summed E-state index contributed by atoms with van der Waals surface area (Å²) in [6.45, 7) is 9.19. The second-order valence-corrected chi connectivity index (χ2v) is 4.84. The van der Waals surface area contributed by atoms with Crippen molar-refractivity contribution < 1.29 is 0 Å². The van der Waals surface area contributed by atoms with Crippen molar-refractivity contribution in [3.63, 3.8) is 0 Å². The molecule has 3 unspecified atom stereocenters. The van der Waals surface area contributed by atoms with E-state index < -0.39 is 0 Å². The first-order chi connectivity index (χ1) is 6.65. The maximum absolute atomic E-state index is 5.94. The van der Waals surface area contributed by atoms with Gasteiger partial charge < -0.3 is 5.73 Å². The van der Waals surface area contributed by atoms with Crippen LogP contribution in [-0.4, -0.2) is 30.1 Å². The SMILES string of the molecule is CCC1CCCN(C(C)C(C)N)CC1. The fourth-order valence-electron chi connectivity index (χ4n) is 2.34. The number of nitrogens with two attached hydrogens (primary N) is 1. The number of likely N-dealkylation sites (tertiary alicyclic amines) is 1. The predicted molar refractivity (Wildman–Crippen MR) is 62.3 cm³/mol. The number of nitrogens with zero attached hydrogens (tertiary/aromatic N) is 1. The first-order valence-electron chi connectivity index (χ1n) is 6.14. The van der Waals surface area contributed by atoms with Crippen LogP contribution in [0, 0.1) is 5.92 Å². The van der Waals surface area contributed by atoms with E-state index in [1.807, 2.05) is 0 Å². The number of rotatable bonds is 3. The van der Waals surface area contributed by atoms with Crippen molar-refractivity contribution in [2.45, 2.75) is 58.5 Å². The first-order valence-corrected chi connectivity index (χ1v) is 6.14. The van der Waals surface area contributed by atoms with Crippen molar-refractivity contribution in [3.8, 4) is 0 Å². The Labute approximate surface area is 88.8 Å². The van der Waals surface area contributed by atoms with Crippen LogP contribution in [0.3, 0.4) is 0 Å². The molecule has 84 valence electrons. The Morgan fingerprint density at radius 3 is 2.57 bits per heavy atom. The minimum atomic E-state index is 0.299. The highest BCUT2D eigenvalue weighted by molar-refractivity contribution is 4.78. The molecule has 0 bridgehead atoms. The number of hydrogen-bond acceptors (Lipinski definition) is 2. The van der Waals surface area contributed by atoms with E-state index >= 15 is 0 Å². The number of hydrogen-bond donors (Lipinski definition) is 1. The average Bonchev–Trinajstić information content (AvgIpc) is 2.41. The highest BCUT2D eigenvalue weighted by atomic mass is 15.2. The largest absolute Gasteiger partial charge is 0.327 e. The molecule has 0 aliphatic carbocycles. The molecular weight excluding hydrogens is 172 g/mol. The molecule has 1 rings (SSSR count). The van der Waals surface area contributed by atoms with Gasteiger partial charge >= 0.3 is 0 Å². The Morgan fingerprint density at radius 1 is 1.29 bits per heavy atom. The molecule has 1 heterocycles. The van der Waals surface area contributed by atoms with Crippen molar-refractivity contribution in [2.75, 3.05) is 13.1 Å². The highest BCUT2D eigenvalue weighted by Gasteiger charge is 2.21. The van der Waals surface area contributed by atoms with Gasteiger partial charge in [0.2, 0.25) is 0 Å². The zero-order valence-corrected chi connectivity index (χ0v) is 10.00. The standard InChI is InChI=1S/C12H26N2/c1-4-12-6-5-8-14(9-7-12)11(3)10(2)13/h10-12H,4-9,13H2,1-3H3. The Hall–Kier alpha value is -0.0800. The molecule has 3 atom stereocenters. The van der Waals surface area contributed by atoms with Crippen LogP contribution in [0.25, 0.3) is 0 Å². The third kappa shape index (κ3) is 3.25. The van der Waals surface area contributed by atoms with Crippen LogP contribution in [0.5, 0.6) is 0 Å². The van der Waals surface area contributed by atoms with Gasteiger partial charge in [-0.1, -0.05) is 13.3 Å². The predicted octanol–water partition coefficient (Wildman–Crippen LogP) is 2.23. The molecule has 0 spiro atoms. The van der Waals surface area contributed by atoms with E-state index in [2.05, 4.69) is 25.7 Å². The van der Waals surface area contributed by atoms with Crippen molar-refractivity contribution in [1.82, 2.24) is 4.90 Å². The van der Waals surface area contributed by atoms with E-state index in [1.54, 1.807) is 0 Å². The molecule has 1 aliphatic heterocycles. The summed E-state index contributed by atoms with van der Waals surface area (Å²) in [6.07, 6.45) is 5.49. The Balaban J connectivity index is 2.41. The molecule has 0 radical (unpaired) electrons. The summed E-state index contributed by atoms with van der Waals surface area (Å²) >= 11 is 0. The quantitative estimate of drug-likeness (QED) is 0.753. The molecule has 2 nitrogen and oxygen atoms in total. The van der Waals surface area contributed by atoms with Gasteiger partial charge in [0, 0.05) is 12.1 Å². The maximum Gasteiger partial charge on any atom is 0.0216 e. The van der Waals surface area contributed by atoms with Gasteiger partial charge in [-0.25, -0.2) is 0 Å². The van der Waals surface area contributed by atoms with E-state index in [9.17, 15) is 0 Å². The van der Waals surface area contributed by atoms with Gasteiger partial charge in [-0.05, 0) is 52.1 Å². The molecule has 0 amide bonds. The summed E-state index contributed by atoms with van der Waals surface area (Å²) in [4.78, 5) is 2.57. The highest BCUT2D eigenvalue weighted by Crippen LogP contribution is 2.21. The van der Waals surface area contributed by atoms with Crippen molar-refractivity contribution >= 4 is 0 Å². The van der Waals surface area contributed by atoms with Crippen LogP contribution in [0.2, 0.25) is 0 Å². The lowest BCUT2D eigenvalue weighted by atomic mass is 9.98. The van der Waals surface area contributed by atoms with Crippen LogP contribution in [0.15, 0.2) is 0 Å². The van der Waals surface area contributed by atoms with Gasteiger partial charge in [0.25, 0.3) is 0 Å². The smallest absolute Gasteiger partial charge is 0.0216 e. The molecule has 14 heavy (non-hydrogen) atoms. The molecule has 0 aromatic heterocycles. The summed E-state index contributed by atoms with van der Waals surface area (Å²) in [5, 5.41) is 0. The first kappa shape index (κ1) is 12.0. The lowest BCUT2D eigenvalue weighted by Gasteiger charge is -2.30.